The fourth-order valence-electron chi connectivity index (χ4n) is 2.31. The lowest BCUT2D eigenvalue weighted by molar-refractivity contribution is -0.134. The largest absolute Gasteiger partial charge is 0.395 e. The second-order valence-electron chi connectivity index (χ2n) is 4.62. The number of rotatable bonds is 5. The van der Waals surface area contributed by atoms with Gasteiger partial charge in [0.15, 0.2) is 0 Å². The Labute approximate surface area is 108 Å². The molecule has 0 unspecified atom stereocenters. The molecule has 1 heterocycles. The molecule has 1 aromatic rings. The summed E-state index contributed by atoms with van der Waals surface area (Å²) in [7, 11) is 0. The van der Waals surface area contributed by atoms with Crippen molar-refractivity contribution in [3.63, 3.8) is 0 Å². The van der Waals surface area contributed by atoms with Gasteiger partial charge in [0.2, 0.25) is 5.91 Å². The van der Waals surface area contributed by atoms with E-state index in [0.29, 0.717) is 13.1 Å². The summed E-state index contributed by atoms with van der Waals surface area (Å²) >= 11 is 0. The molecule has 0 aliphatic carbocycles. The van der Waals surface area contributed by atoms with Crippen LogP contribution in [0.15, 0.2) is 30.3 Å². The highest BCUT2D eigenvalue weighted by Crippen LogP contribution is 2.11. The maximum absolute atomic E-state index is 12.3. The van der Waals surface area contributed by atoms with Crippen LogP contribution in [0.25, 0.3) is 0 Å². The Morgan fingerprint density at radius 1 is 1.39 bits per heavy atom. The summed E-state index contributed by atoms with van der Waals surface area (Å²) in [4.78, 5) is 14.0. The first-order valence-electron chi connectivity index (χ1n) is 6.48. The van der Waals surface area contributed by atoms with Crippen molar-refractivity contribution in [2.24, 2.45) is 0 Å². The molecule has 1 amide bonds. The molecular formula is C14H20N2O2. The molecule has 0 saturated carbocycles. The molecule has 2 N–H and O–H groups in total. The number of aliphatic hydroxyl groups excluding tert-OH is 1. The molecule has 4 nitrogen and oxygen atoms in total. The Hall–Kier alpha value is -1.39. The van der Waals surface area contributed by atoms with Crippen LogP contribution in [-0.4, -0.2) is 41.7 Å². The third kappa shape index (κ3) is 3.31. The lowest BCUT2D eigenvalue weighted by Crippen LogP contribution is -2.44. The van der Waals surface area contributed by atoms with Gasteiger partial charge in [0.05, 0.1) is 12.6 Å². The quantitative estimate of drug-likeness (QED) is 0.809. The Bertz CT molecular complexity index is 375. The van der Waals surface area contributed by atoms with Gasteiger partial charge in [-0.15, -0.1) is 0 Å². The molecule has 1 saturated heterocycles. The number of carbonyl (C=O) groups is 1. The van der Waals surface area contributed by atoms with Crippen LogP contribution >= 0.6 is 0 Å². The van der Waals surface area contributed by atoms with E-state index >= 15 is 0 Å². The minimum absolute atomic E-state index is 0.00525. The maximum atomic E-state index is 12.3. The van der Waals surface area contributed by atoms with Crippen molar-refractivity contribution in [1.29, 1.82) is 0 Å². The Balaban J connectivity index is 2.00. The van der Waals surface area contributed by atoms with E-state index in [1.54, 1.807) is 4.90 Å². The Morgan fingerprint density at radius 2 is 2.17 bits per heavy atom. The zero-order valence-electron chi connectivity index (χ0n) is 10.5. The van der Waals surface area contributed by atoms with Crippen molar-refractivity contribution in [3.8, 4) is 0 Å². The van der Waals surface area contributed by atoms with E-state index < -0.39 is 0 Å². The predicted octanol–water partition coefficient (Wildman–Crippen LogP) is 0.759. The van der Waals surface area contributed by atoms with Gasteiger partial charge in [0.1, 0.15) is 0 Å². The standard InChI is InChI=1S/C14H20N2O2/c17-10-9-16(11-12-5-2-1-3-6-12)14(18)13-7-4-8-15-13/h1-3,5-6,13,15,17H,4,7-11H2/t13-/m0/s1. The molecule has 1 fully saturated rings. The lowest BCUT2D eigenvalue weighted by atomic mass is 10.1. The van der Waals surface area contributed by atoms with Gasteiger partial charge in [-0.2, -0.15) is 0 Å². The van der Waals surface area contributed by atoms with Crippen LogP contribution in [0.5, 0.6) is 0 Å². The normalized spacial score (nSPS) is 18.8. The Morgan fingerprint density at radius 3 is 2.78 bits per heavy atom. The number of hydrogen-bond donors (Lipinski definition) is 2. The SMILES string of the molecule is O=C([C@@H]1CCCN1)N(CCO)Cc1ccccc1. The number of carbonyl (C=O) groups excluding carboxylic acids is 1. The van der Waals surface area contributed by atoms with Gasteiger partial charge in [-0.1, -0.05) is 30.3 Å². The fourth-order valence-corrected chi connectivity index (χ4v) is 2.31. The molecule has 0 radical (unpaired) electrons. The van der Waals surface area contributed by atoms with Gasteiger partial charge in [0.25, 0.3) is 0 Å². The number of aliphatic hydroxyl groups is 1. The first-order chi connectivity index (χ1) is 8.81. The predicted molar refractivity (Wildman–Crippen MR) is 70.0 cm³/mol. The van der Waals surface area contributed by atoms with Crippen LogP contribution in [0.3, 0.4) is 0 Å². The van der Waals surface area contributed by atoms with Gasteiger partial charge < -0.3 is 15.3 Å². The second-order valence-corrected chi connectivity index (χ2v) is 4.62. The van der Waals surface area contributed by atoms with E-state index in [1.807, 2.05) is 30.3 Å². The average molecular weight is 248 g/mol. The van der Waals surface area contributed by atoms with Crippen molar-refractivity contribution in [2.45, 2.75) is 25.4 Å². The molecular weight excluding hydrogens is 228 g/mol. The van der Waals surface area contributed by atoms with E-state index in [4.69, 9.17) is 5.11 Å². The maximum Gasteiger partial charge on any atom is 0.240 e. The van der Waals surface area contributed by atoms with E-state index in [2.05, 4.69) is 5.32 Å². The van der Waals surface area contributed by atoms with Crippen LogP contribution in [-0.2, 0) is 11.3 Å². The molecule has 4 heteroatoms. The zero-order chi connectivity index (χ0) is 12.8. The number of hydrogen-bond acceptors (Lipinski definition) is 3. The summed E-state index contributed by atoms with van der Waals surface area (Å²) in [5, 5.41) is 12.3. The molecule has 0 aromatic heterocycles. The van der Waals surface area contributed by atoms with Crippen LogP contribution in [0, 0.1) is 0 Å². The van der Waals surface area contributed by atoms with E-state index in [0.717, 1.165) is 24.9 Å². The van der Waals surface area contributed by atoms with Crippen molar-refractivity contribution in [3.05, 3.63) is 35.9 Å². The summed E-state index contributed by atoms with van der Waals surface area (Å²) in [6.45, 7) is 1.88. The smallest absolute Gasteiger partial charge is 0.240 e. The summed E-state index contributed by atoms with van der Waals surface area (Å²) in [5.41, 5.74) is 1.09. The van der Waals surface area contributed by atoms with Crippen LogP contribution in [0.2, 0.25) is 0 Å². The summed E-state index contributed by atoms with van der Waals surface area (Å²) in [5.74, 6) is 0.102. The molecule has 98 valence electrons. The summed E-state index contributed by atoms with van der Waals surface area (Å²) in [6.07, 6.45) is 1.95. The summed E-state index contributed by atoms with van der Waals surface area (Å²) < 4.78 is 0. The molecule has 1 aliphatic rings. The van der Waals surface area contributed by atoms with Crippen molar-refractivity contribution in [2.75, 3.05) is 19.7 Å². The third-order valence-corrected chi connectivity index (χ3v) is 3.26. The van der Waals surface area contributed by atoms with Crippen molar-refractivity contribution in [1.82, 2.24) is 10.2 Å². The van der Waals surface area contributed by atoms with Crippen molar-refractivity contribution < 1.29 is 9.90 Å². The number of nitrogens with zero attached hydrogens (tertiary/aromatic N) is 1. The van der Waals surface area contributed by atoms with E-state index in [-0.39, 0.29) is 18.6 Å². The van der Waals surface area contributed by atoms with Gasteiger partial charge in [-0.3, -0.25) is 4.79 Å². The minimum Gasteiger partial charge on any atom is -0.395 e. The minimum atomic E-state index is -0.0692. The third-order valence-electron chi connectivity index (χ3n) is 3.26. The highest BCUT2D eigenvalue weighted by atomic mass is 16.3. The molecule has 2 rings (SSSR count). The second kappa shape index (κ2) is 6.52. The number of nitrogens with one attached hydrogen (secondary N) is 1. The molecule has 0 spiro atoms. The van der Waals surface area contributed by atoms with E-state index in [9.17, 15) is 4.79 Å². The van der Waals surface area contributed by atoms with Crippen LogP contribution < -0.4 is 5.32 Å². The highest BCUT2D eigenvalue weighted by Gasteiger charge is 2.26. The molecule has 1 aliphatic heterocycles. The first kappa shape index (κ1) is 13.1. The number of benzene rings is 1. The van der Waals surface area contributed by atoms with Gasteiger partial charge in [0, 0.05) is 13.1 Å². The molecule has 0 bridgehead atoms. The number of amides is 1. The molecule has 1 atom stereocenters. The van der Waals surface area contributed by atoms with Gasteiger partial charge >= 0.3 is 0 Å². The molecule has 18 heavy (non-hydrogen) atoms. The van der Waals surface area contributed by atoms with Gasteiger partial charge in [-0.05, 0) is 24.9 Å². The summed E-state index contributed by atoms with van der Waals surface area (Å²) in [6, 6.07) is 9.81. The average Bonchev–Trinajstić information content (AvgIpc) is 2.92. The van der Waals surface area contributed by atoms with Crippen LogP contribution in [0.1, 0.15) is 18.4 Å². The monoisotopic (exact) mass is 248 g/mol. The van der Waals surface area contributed by atoms with Crippen molar-refractivity contribution >= 4 is 5.91 Å². The molecule has 1 aromatic carbocycles. The van der Waals surface area contributed by atoms with E-state index in [1.165, 1.54) is 0 Å². The fraction of sp³-hybridized carbons (Fsp3) is 0.500. The van der Waals surface area contributed by atoms with Crippen LogP contribution in [0.4, 0.5) is 0 Å². The zero-order valence-corrected chi connectivity index (χ0v) is 10.5. The first-order valence-corrected chi connectivity index (χ1v) is 6.48. The van der Waals surface area contributed by atoms with Gasteiger partial charge in [-0.25, -0.2) is 0 Å². The Kier molecular flexibility index (Phi) is 4.73. The topological polar surface area (TPSA) is 52.6 Å². The highest BCUT2D eigenvalue weighted by molar-refractivity contribution is 5.82. The lowest BCUT2D eigenvalue weighted by Gasteiger charge is -2.25.